The van der Waals surface area contributed by atoms with Gasteiger partial charge in [-0.2, -0.15) is 0 Å². The Bertz CT molecular complexity index is 957. The van der Waals surface area contributed by atoms with Crippen LogP contribution in [0.1, 0.15) is 57.6 Å². The second-order valence-electron chi connectivity index (χ2n) is 8.94. The van der Waals surface area contributed by atoms with Crippen LogP contribution in [-0.4, -0.2) is 31.0 Å². The van der Waals surface area contributed by atoms with E-state index in [1.165, 1.54) is 5.56 Å². The van der Waals surface area contributed by atoms with E-state index in [9.17, 15) is 14.4 Å². The SMILES string of the molecule is CC(C)(C)c1ccc(OCC(=O)NNC(=O)CCCC(=O)OCCCc2ccccc2)c(Br)c1. The van der Waals surface area contributed by atoms with Crippen LogP contribution in [0, 0.1) is 0 Å². The second-order valence-corrected chi connectivity index (χ2v) is 9.80. The fourth-order valence-electron chi connectivity index (χ4n) is 3.04. The predicted molar refractivity (Wildman–Crippen MR) is 134 cm³/mol. The normalized spacial score (nSPS) is 10.9. The van der Waals surface area contributed by atoms with Gasteiger partial charge in [0.15, 0.2) is 6.61 Å². The van der Waals surface area contributed by atoms with Crippen molar-refractivity contribution in [3.63, 3.8) is 0 Å². The monoisotopic (exact) mass is 532 g/mol. The third-order valence-electron chi connectivity index (χ3n) is 5.00. The molecule has 0 aliphatic carbocycles. The molecule has 34 heavy (non-hydrogen) atoms. The molecule has 0 aliphatic heterocycles. The summed E-state index contributed by atoms with van der Waals surface area (Å²) >= 11 is 3.46. The number of hydrogen-bond donors (Lipinski definition) is 2. The topological polar surface area (TPSA) is 93.7 Å². The summed E-state index contributed by atoms with van der Waals surface area (Å²) in [4.78, 5) is 35.6. The van der Waals surface area contributed by atoms with Crippen molar-refractivity contribution in [2.45, 2.75) is 58.3 Å². The van der Waals surface area contributed by atoms with Gasteiger partial charge in [-0.15, -0.1) is 0 Å². The van der Waals surface area contributed by atoms with Crippen molar-refractivity contribution in [3.05, 3.63) is 64.1 Å². The van der Waals surface area contributed by atoms with Crippen LogP contribution in [0.3, 0.4) is 0 Å². The van der Waals surface area contributed by atoms with Crippen LogP contribution in [0.15, 0.2) is 53.0 Å². The lowest BCUT2D eigenvalue weighted by molar-refractivity contribution is -0.144. The average Bonchev–Trinajstić information content (AvgIpc) is 2.79. The molecule has 8 heteroatoms. The molecule has 0 aromatic heterocycles. The molecule has 2 N–H and O–H groups in total. The van der Waals surface area contributed by atoms with Crippen LogP contribution in [-0.2, 0) is 31.0 Å². The Balaban J connectivity index is 1.55. The number of ether oxygens (including phenoxy) is 2. The van der Waals surface area contributed by atoms with E-state index in [1.54, 1.807) is 6.07 Å². The van der Waals surface area contributed by atoms with Gasteiger partial charge in [-0.3, -0.25) is 25.2 Å². The van der Waals surface area contributed by atoms with Crippen molar-refractivity contribution >= 4 is 33.7 Å². The van der Waals surface area contributed by atoms with Crippen LogP contribution < -0.4 is 15.6 Å². The zero-order valence-electron chi connectivity index (χ0n) is 20.0. The highest BCUT2D eigenvalue weighted by molar-refractivity contribution is 9.10. The molecule has 2 amide bonds. The number of esters is 1. The molecule has 0 saturated carbocycles. The number of rotatable bonds is 11. The van der Waals surface area contributed by atoms with Crippen molar-refractivity contribution in [2.24, 2.45) is 0 Å². The number of carbonyl (C=O) groups excluding carboxylic acids is 3. The van der Waals surface area contributed by atoms with E-state index >= 15 is 0 Å². The summed E-state index contributed by atoms with van der Waals surface area (Å²) in [5, 5.41) is 0. The van der Waals surface area contributed by atoms with Crippen molar-refractivity contribution < 1.29 is 23.9 Å². The van der Waals surface area contributed by atoms with E-state index in [1.807, 2.05) is 42.5 Å². The molecule has 2 aromatic rings. The Morgan fingerprint density at radius 1 is 0.912 bits per heavy atom. The van der Waals surface area contributed by atoms with E-state index in [2.05, 4.69) is 47.6 Å². The molecule has 0 spiro atoms. The van der Waals surface area contributed by atoms with E-state index in [0.717, 1.165) is 22.9 Å². The number of amides is 2. The quantitative estimate of drug-likeness (QED) is 0.250. The highest BCUT2D eigenvalue weighted by atomic mass is 79.9. The summed E-state index contributed by atoms with van der Waals surface area (Å²) in [5.41, 5.74) is 6.98. The number of hydrazine groups is 1. The summed E-state index contributed by atoms with van der Waals surface area (Å²) in [7, 11) is 0. The molecule has 2 aromatic carbocycles. The first kappa shape index (κ1) is 27.4. The van der Waals surface area contributed by atoms with Gasteiger partial charge in [0, 0.05) is 12.8 Å². The van der Waals surface area contributed by atoms with Crippen molar-refractivity contribution in [3.8, 4) is 5.75 Å². The number of hydrogen-bond acceptors (Lipinski definition) is 5. The van der Waals surface area contributed by atoms with Crippen molar-refractivity contribution in [1.82, 2.24) is 10.9 Å². The zero-order chi connectivity index (χ0) is 25.0. The lowest BCUT2D eigenvalue weighted by Crippen LogP contribution is -2.43. The van der Waals surface area contributed by atoms with Gasteiger partial charge in [-0.1, -0.05) is 57.2 Å². The minimum atomic E-state index is -0.488. The highest BCUT2D eigenvalue weighted by Gasteiger charge is 2.16. The first-order valence-electron chi connectivity index (χ1n) is 11.3. The Morgan fingerprint density at radius 3 is 2.29 bits per heavy atom. The first-order valence-corrected chi connectivity index (χ1v) is 12.1. The summed E-state index contributed by atoms with van der Waals surface area (Å²) < 4.78 is 11.5. The zero-order valence-corrected chi connectivity index (χ0v) is 21.6. The van der Waals surface area contributed by atoms with Gasteiger partial charge < -0.3 is 9.47 Å². The first-order chi connectivity index (χ1) is 16.1. The molecule has 0 radical (unpaired) electrons. The molecular weight excluding hydrogens is 500 g/mol. The molecule has 7 nitrogen and oxygen atoms in total. The Morgan fingerprint density at radius 2 is 1.62 bits per heavy atom. The van der Waals surface area contributed by atoms with Crippen molar-refractivity contribution in [2.75, 3.05) is 13.2 Å². The minimum Gasteiger partial charge on any atom is -0.483 e. The number of carbonyl (C=O) groups is 3. The molecule has 0 atom stereocenters. The molecule has 0 aliphatic rings. The Kier molecular flexibility index (Phi) is 11.1. The lowest BCUT2D eigenvalue weighted by Gasteiger charge is -2.20. The molecule has 0 fully saturated rings. The number of aryl methyl sites for hydroxylation is 1. The van der Waals surface area contributed by atoms with Gasteiger partial charge in [0.1, 0.15) is 5.75 Å². The third kappa shape index (κ3) is 10.4. The minimum absolute atomic E-state index is 0.00180. The number of halogens is 1. The summed E-state index contributed by atoms with van der Waals surface area (Å²) in [5.74, 6) is -0.669. The van der Waals surface area contributed by atoms with Gasteiger partial charge >= 0.3 is 5.97 Å². The van der Waals surface area contributed by atoms with Gasteiger partial charge in [0.25, 0.3) is 5.91 Å². The second kappa shape index (κ2) is 13.7. The molecule has 0 unspecified atom stereocenters. The molecular formula is C26H33BrN2O5. The van der Waals surface area contributed by atoms with Crippen LogP contribution in [0.25, 0.3) is 0 Å². The molecule has 0 bridgehead atoms. The molecule has 0 heterocycles. The maximum atomic E-state index is 11.9. The third-order valence-corrected chi connectivity index (χ3v) is 5.62. The van der Waals surface area contributed by atoms with Crippen LogP contribution >= 0.6 is 15.9 Å². The highest BCUT2D eigenvalue weighted by Crippen LogP contribution is 2.31. The van der Waals surface area contributed by atoms with Gasteiger partial charge in [-0.05, 0) is 63.9 Å². The summed E-state index contributed by atoms with van der Waals surface area (Å²) in [6.07, 6.45) is 2.18. The lowest BCUT2D eigenvalue weighted by atomic mass is 9.87. The number of benzene rings is 2. The van der Waals surface area contributed by atoms with E-state index in [-0.39, 0.29) is 36.7 Å². The van der Waals surface area contributed by atoms with Crippen LogP contribution in [0.4, 0.5) is 0 Å². The Hall–Kier alpha value is -2.87. The standard InChI is InChI=1S/C26H33BrN2O5/c1-26(2,3)20-14-15-22(21(27)17-20)34-18-24(31)29-28-23(30)12-7-13-25(32)33-16-8-11-19-9-5-4-6-10-19/h4-6,9-10,14-15,17H,7-8,11-13,16,18H2,1-3H3,(H,28,30)(H,29,31). The van der Waals surface area contributed by atoms with E-state index in [4.69, 9.17) is 9.47 Å². The summed E-state index contributed by atoms with van der Waals surface area (Å²) in [6, 6.07) is 15.7. The molecule has 0 saturated heterocycles. The fourth-order valence-corrected chi connectivity index (χ4v) is 3.53. The fraction of sp³-hybridized carbons (Fsp3) is 0.423. The van der Waals surface area contributed by atoms with Gasteiger partial charge in [-0.25, -0.2) is 0 Å². The molecule has 184 valence electrons. The largest absolute Gasteiger partial charge is 0.483 e. The van der Waals surface area contributed by atoms with Crippen LogP contribution in [0.2, 0.25) is 0 Å². The maximum absolute atomic E-state index is 11.9. The predicted octanol–water partition coefficient (Wildman–Crippen LogP) is 4.62. The Labute approximate surface area is 209 Å². The van der Waals surface area contributed by atoms with Crippen molar-refractivity contribution in [1.29, 1.82) is 0 Å². The smallest absolute Gasteiger partial charge is 0.305 e. The summed E-state index contributed by atoms with van der Waals surface area (Å²) in [6.45, 7) is 6.44. The number of nitrogens with one attached hydrogen (secondary N) is 2. The van der Waals surface area contributed by atoms with Gasteiger partial charge in [0.05, 0.1) is 11.1 Å². The van der Waals surface area contributed by atoms with E-state index < -0.39 is 5.91 Å². The van der Waals surface area contributed by atoms with Gasteiger partial charge in [0.2, 0.25) is 5.91 Å². The maximum Gasteiger partial charge on any atom is 0.305 e. The molecule has 2 rings (SSSR count). The van der Waals surface area contributed by atoms with Crippen LogP contribution in [0.5, 0.6) is 5.75 Å². The average molecular weight is 533 g/mol. The van der Waals surface area contributed by atoms with E-state index in [0.29, 0.717) is 18.8 Å².